The summed E-state index contributed by atoms with van der Waals surface area (Å²) in [5, 5.41) is 4.11. The van der Waals surface area contributed by atoms with Crippen LogP contribution in [0.2, 0.25) is 0 Å². The summed E-state index contributed by atoms with van der Waals surface area (Å²) in [6, 6.07) is 3.98. The van der Waals surface area contributed by atoms with Gasteiger partial charge in [-0.2, -0.15) is 18.3 Å². The highest BCUT2D eigenvalue weighted by molar-refractivity contribution is 6.00. The topological polar surface area (TPSA) is 89.9 Å². The summed E-state index contributed by atoms with van der Waals surface area (Å²) in [5.41, 5.74) is -0.888. The summed E-state index contributed by atoms with van der Waals surface area (Å²) in [4.78, 5) is 31.0. The van der Waals surface area contributed by atoms with Crippen molar-refractivity contribution in [2.24, 2.45) is 0 Å². The van der Waals surface area contributed by atoms with E-state index in [-0.39, 0.29) is 16.7 Å². The molecule has 0 aliphatic heterocycles. The molecule has 3 rings (SSSR count). The SMILES string of the molecule is COC(=O)c1nn(C(C)c2ccc(C(F)(F)F)cc2)c2nc(C)[nH]c(=O)c12. The number of methoxy groups -OCH3 is 1. The molecule has 10 heteroatoms. The van der Waals surface area contributed by atoms with Gasteiger partial charge >= 0.3 is 12.1 Å². The van der Waals surface area contributed by atoms with Crippen molar-refractivity contribution in [3.05, 3.63) is 57.3 Å². The van der Waals surface area contributed by atoms with E-state index >= 15 is 0 Å². The maximum atomic E-state index is 12.8. The molecule has 1 aromatic carbocycles. The molecule has 0 saturated carbocycles. The highest BCUT2D eigenvalue weighted by atomic mass is 19.4. The minimum Gasteiger partial charge on any atom is -0.464 e. The Kier molecular flexibility index (Phi) is 4.50. The van der Waals surface area contributed by atoms with Crippen molar-refractivity contribution in [1.29, 1.82) is 0 Å². The smallest absolute Gasteiger partial charge is 0.416 e. The Morgan fingerprint density at radius 2 is 1.89 bits per heavy atom. The number of benzene rings is 1. The predicted octanol–water partition coefficient (Wildman–Crippen LogP) is 2.84. The van der Waals surface area contributed by atoms with Gasteiger partial charge < -0.3 is 9.72 Å². The van der Waals surface area contributed by atoms with E-state index in [1.165, 1.54) is 16.8 Å². The number of rotatable bonds is 3. The molecule has 0 aliphatic rings. The van der Waals surface area contributed by atoms with Crippen LogP contribution in [-0.2, 0) is 10.9 Å². The standard InChI is InChI=1S/C17H15F3N4O3/c1-8(10-4-6-11(7-5-10)17(18,19)20)24-14-12(13(23-24)16(26)27-3)15(25)22-9(2)21-14/h4-8H,1-3H3,(H,21,22,25). The lowest BCUT2D eigenvalue weighted by Crippen LogP contribution is -2.14. The van der Waals surface area contributed by atoms with Crippen molar-refractivity contribution < 1.29 is 22.7 Å². The number of hydrogen-bond donors (Lipinski definition) is 1. The van der Waals surface area contributed by atoms with Crippen molar-refractivity contribution in [3.8, 4) is 0 Å². The largest absolute Gasteiger partial charge is 0.464 e. The first-order valence-corrected chi connectivity index (χ1v) is 7.88. The lowest BCUT2D eigenvalue weighted by atomic mass is 10.1. The molecule has 0 bridgehead atoms. The van der Waals surface area contributed by atoms with Crippen LogP contribution in [0.5, 0.6) is 0 Å². The fourth-order valence-electron chi connectivity index (χ4n) is 2.76. The Hall–Kier alpha value is -3.17. The number of H-pyrrole nitrogens is 1. The van der Waals surface area contributed by atoms with Gasteiger partial charge in [-0.15, -0.1) is 0 Å². The van der Waals surface area contributed by atoms with Crippen LogP contribution in [0.1, 0.15) is 40.4 Å². The summed E-state index contributed by atoms with van der Waals surface area (Å²) in [5.74, 6) is -0.501. The van der Waals surface area contributed by atoms with Gasteiger partial charge in [0, 0.05) is 0 Å². The van der Waals surface area contributed by atoms with Crippen LogP contribution in [0.4, 0.5) is 13.2 Å². The number of aryl methyl sites for hydroxylation is 1. The molecule has 27 heavy (non-hydrogen) atoms. The van der Waals surface area contributed by atoms with E-state index in [0.29, 0.717) is 11.4 Å². The number of carbonyl (C=O) groups is 1. The first-order valence-electron chi connectivity index (χ1n) is 7.88. The van der Waals surface area contributed by atoms with Crippen molar-refractivity contribution in [2.45, 2.75) is 26.1 Å². The van der Waals surface area contributed by atoms with E-state index in [0.717, 1.165) is 19.2 Å². The van der Waals surface area contributed by atoms with Crippen LogP contribution in [0, 0.1) is 6.92 Å². The fourth-order valence-corrected chi connectivity index (χ4v) is 2.76. The molecule has 2 aromatic heterocycles. The van der Waals surface area contributed by atoms with Crippen LogP contribution in [0.15, 0.2) is 29.1 Å². The molecule has 2 heterocycles. The number of halogens is 3. The Balaban J connectivity index is 2.16. The molecule has 1 atom stereocenters. The highest BCUT2D eigenvalue weighted by Crippen LogP contribution is 2.31. The van der Waals surface area contributed by atoms with E-state index in [1.807, 2.05) is 0 Å². The van der Waals surface area contributed by atoms with Crippen LogP contribution in [0.3, 0.4) is 0 Å². The number of nitrogens with one attached hydrogen (secondary N) is 1. The van der Waals surface area contributed by atoms with Crippen LogP contribution < -0.4 is 5.56 Å². The Labute approximate surface area is 150 Å². The number of aromatic nitrogens is 4. The van der Waals surface area contributed by atoms with E-state index < -0.39 is 29.3 Å². The number of carbonyl (C=O) groups excluding carboxylic acids is 1. The molecular formula is C17H15F3N4O3. The quantitative estimate of drug-likeness (QED) is 0.706. The van der Waals surface area contributed by atoms with Gasteiger partial charge in [-0.05, 0) is 31.5 Å². The average Bonchev–Trinajstić information content (AvgIpc) is 2.99. The average molecular weight is 380 g/mol. The minimum absolute atomic E-state index is 0.0359. The van der Waals surface area contributed by atoms with Gasteiger partial charge in [-0.1, -0.05) is 12.1 Å². The monoisotopic (exact) mass is 380 g/mol. The lowest BCUT2D eigenvalue weighted by molar-refractivity contribution is -0.137. The number of alkyl halides is 3. The molecule has 142 valence electrons. The molecule has 7 nitrogen and oxygen atoms in total. The number of fused-ring (bicyclic) bond motifs is 1. The summed E-state index contributed by atoms with van der Waals surface area (Å²) < 4.78 is 44.3. The first-order chi connectivity index (χ1) is 12.6. The molecule has 1 N–H and O–H groups in total. The molecule has 3 aromatic rings. The normalized spacial score (nSPS) is 13.0. The molecule has 0 fully saturated rings. The van der Waals surface area contributed by atoms with Crippen LogP contribution in [0.25, 0.3) is 11.0 Å². The number of nitrogens with zero attached hydrogens (tertiary/aromatic N) is 3. The highest BCUT2D eigenvalue weighted by Gasteiger charge is 2.30. The summed E-state index contributed by atoms with van der Waals surface area (Å²) in [6.07, 6.45) is -4.44. The maximum absolute atomic E-state index is 12.8. The maximum Gasteiger partial charge on any atom is 0.416 e. The van der Waals surface area contributed by atoms with E-state index in [9.17, 15) is 22.8 Å². The second kappa shape index (κ2) is 6.53. The van der Waals surface area contributed by atoms with Gasteiger partial charge in [-0.25, -0.2) is 14.5 Å². The third-order valence-electron chi connectivity index (χ3n) is 4.15. The molecule has 0 aliphatic carbocycles. The fraction of sp³-hybridized carbons (Fsp3) is 0.294. The second-order valence-corrected chi connectivity index (χ2v) is 5.93. The zero-order chi connectivity index (χ0) is 19.9. The third-order valence-corrected chi connectivity index (χ3v) is 4.15. The molecule has 0 saturated heterocycles. The summed E-state index contributed by atoms with van der Waals surface area (Å²) in [6.45, 7) is 3.24. The Morgan fingerprint density at radius 1 is 1.26 bits per heavy atom. The van der Waals surface area contributed by atoms with Gasteiger partial charge in [0.15, 0.2) is 11.3 Å². The number of hydrogen-bond acceptors (Lipinski definition) is 5. The van der Waals surface area contributed by atoms with Gasteiger partial charge in [0.1, 0.15) is 11.2 Å². The molecular weight excluding hydrogens is 365 g/mol. The van der Waals surface area contributed by atoms with Crippen molar-refractivity contribution >= 4 is 17.0 Å². The Morgan fingerprint density at radius 3 is 2.44 bits per heavy atom. The van der Waals surface area contributed by atoms with Gasteiger partial charge in [0.25, 0.3) is 5.56 Å². The minimum atomic E-state index is -4.44. The van der Waals surface area contributed by atoms with Crippen LogP contribution >= 0.6 is 0 Å². The molecule has 0 amide bonds. The van der Waals surface area contributed by atoms with E-state index in [1.54, 1.807) is 13.8 Å². The first kappa shape index (κ1) is 18.6. The zero-order valence-corrected chi connectivity index (χ0v) is 14.6. The zero-order valence-electron chi connectivity index (χ0n) is 14.6. The number of ether oxygens (including phenoxy) is 1. The number of esters is 1. The summed E-state index contributed by atoms with van der Waals surface area (Å²) in [7, 11) is 1.16. The summed E-state index contributed by atoms with van der Waals surface area (Å²) >= 11 is 0. The third kappa shape index (κ3) is 3.29. The molecule has 0 radical (unpaired) electrons. The van der Waals surface area contributed by atoms with E-state index in [2.05, 4.69) is 19.8 Å². The van der Waals surface area contributed by atoms with Gasteiger partial charge in [0.2, 0.25) is 0 Å². The number of aromatic amines is 1. The van der Waals surface area contributed by atoms with Crippen molar-refractivity contribution in [2.75, 3.05) is 7.11 Å². The van der Waals surface area contributed by atoms with Crippen LogP contribution in [-0.4, -0.2) is 32.8 Å². The Bertz CT molecular complexity index is 1070. The lowest BCUT2D eigenvalue weighted by Gasteiger charge is -2.15. The molecule has 1 unspecified atom stereocenters. The van der Waals surface area contributed by atoms with Crippen molar-refractivity contribution in [1.82, 2.24) is 19.7 Å². The van der Waals surface area contributed by atoms with Gasteiger partial charge in [0.05, 0.1) is 18.7 Å². The second-order valence-electron chi connectivity index (χ2n) is 5.93. The molecule has 0 spiro atoms. The predicted molar refractivity (Wildman–Crippen MR) is 89.5 cm³/mol. The van der Waals surface area contributed by atoms with Crippen molar-refractivity contribution in [3.63, 3.8) is 0 Å². The van der Waals surface area contributed by atoms with E-state index in [4.69, 9.17) is 0 Å². The van der Waals surface area contributed by atoms with Gasteiger partial charge in [-0.3, -0.25) is 4.79 Å².